The van der Waals surface area contributed by atoms with Crippen LogP contribution in [0.25, 0.3) is 10.9 Å². The Bertz CT molecular complexity index is 1050. The third-order valence-corrected chi connectivity index (χ3v) is 5.14. The Hall–Kier alpha value is -2.87. The molecule has 1 heterocycles. The highest BCUT2D eigenvalue weighted by molar-refractivity contribution is 5.82. The molecule has 1 atom stereocenters. The van der Waals surface area contributed by atoms with Crippen molar-refractivity contribution in [1.29, 1.82) is 0 Å². The summed E-state index contributed by atoms with van der Waals surface area (Å²) in [5, 5.41) is 24.0. The van der Waals surface area contributed by atoms with E-state index in [0.29, 0.717) is 11.2 Å². The molecule has 0 radical (unpaired) electrons. The molecule has 30 heavy (non-hydrogen) atoms. The van der Waals surface area contributed by atoms with Crippen LogP contribution in [0.2, 0.25) is 0 Å². The second kappa shape index (κ2) is 7.75. The summed E-state index contributed by atoms with van der Waals surface area (Å²) < 4.78 is 55.2. The van der Waals surface area contributed by atoms with Gasteiger partial charge in [0.2, 0.25) is 0 Å². The lowest BCUT2D eigenvalue weighted by Crippen LogP contribution is -2.53. The number of benzene rings is 2. The van der Waals surface area contributed by atoms with E-state index in [9.17, 15) is 27.8 Å². The number of hydrogen-bond donors (Lipinski definition) is 3. The highest BCUT2D eigenvalue weighted by atomic mass is 19.4. The average Bonchev–Trinajstić information content (AvgIpc) is 2.67. The van der Waals surface area contributed by atoms with Crippen molar-refractivity contribution in [3.05, 3.63) is 66.1 Å². The summed E-state index contributed by atoms with van der Waals surface area (Å²) in [5.41, 5.74) is -3.42. The fraction of sp³-hybridized carbons (Fsp3) is 0.318. The number of aromatic hydroxyl groups is 1. The van der Waals surface area contributed by atoms with Gasteiger partial charge >= 0.3 is 6.18 Å². The molecular formula is C22H22F4N2O2. The monoisotopic (exact) mass is 422 g/mol. The molecule has 0 aliphatic heterocycles. The molecule has 0 spiro atoms. The van der Waals surface area contributed by atoms with Gasteiger partial charge in [-0.3, -0.25) is 4.98 Å². The number of alkyl halides is 3. The second-order valence-corrected chi connectivity index (χ2v) is 8.02. The summed E-state index contributed by atoms with van der Waals surface area (Å²) in [6.45, 7) is 2.02. The maximum atomic E-state index is 13.8. The highest BCUT2D eigenvalue weighted by Gasteiger charge is 2.56. The summed E-state index contributed by atoms with van der Waals surface area (Å²) in [6, 6.07) is 11.5. The minimum Gasteiger partial charge on any atom is -0.508 e. The lowest BCUT2D eigenvalue weighted by Gasteiger charge is -2.38. The zero-order chi connectivity index (χ0) is 22.2. The Kier molecular flexibility index (Phi) is 5.64. The van der Waals surface area contributed by atoms with Crippen LogP contribution in [-0.2, 0) is 5.41 Å². The third-order valence-electron chi connectivity index (χ3n) is 5.14. The normalized spacial score (nSPS) is 14.5. The van der Waals surface area contributed by atoms with Gasteiger partial charge in [-0.1, -0.05) is 19.9 Å². The number of pyridine rings is 1. The van der Waals surface area contributed by atoms with Crippen molar-refractivity contribution in [2.45, 2.75) is 37.5 Å². The van der Waals surface area contributed by atoms with E-state index in [1.54, 1.807) is 36.5 Å². The van der Waals surface area contributed by atoms with Gasteiger partial charge in [-0.15, -0.1) is 0 Å². The summed E-state index contributed by atoms with van der Waals surface area (Å²) in [4.78, 5) is 4.16. The Labute approximate surface area is 171 Å². The molecule has 0 saturated carbocycles. The highest BCUT2D eigenvalue weighted by Crippen LogP contribution is 2.43. The quantitative estimate of drug-likeness (QED) is 0.481. The molecule has 3 aromatic rings. The molecule has 2 aromatic carbocycles. The molecular weight excluding hydrogens is 400 g/mol. The summed E-state index contributed by atoms with van der Waals surface area (Å²) in [7, 11) is 0. The summed E-state index contributed by atoms with van der Waals surface area (Å²) in [5.74, 6) is -1.02. The molecule has 8 heteroatoms. The lowest BCUT2D eigenvalue weighted by molar-refractivity contribution is -0.260. The molecule has 4 nitrogen and oxygen atoms in total. The number of phenolic OH excluding ortho intramolecular Hbond substituents is 1. The van der Waals surface area contributed by atoms with Crippen LogP contribution in [0.1, 0.15) is 25.8 Å². The molecule has 1 unspecified atom stereocenters. The van der Waals surface area contributed by atoms with E-state index in [0.717, 1.165) is 23.6 Å². The van der Waals surface area contributed by atoms with Gasteiger partial charge in [0.15, 0.2) is 5.60 Å². The molecule has 0 bridgehead atoms. The van der Waals surface area contributed by atoms with Crippen LogP contribution in [0, 0.1) is 5.82 Å². The number of rotatable bonds is 6. The van der Waals surface area contributed by atoms with Crippen molar-refractivity contribution >= 4 is 16.6 Å². The number of hydrogen-bond acceptors (Lipinski definition) is 4. The van der Waals surface area contributed by atoms with Crippen molar-refractivity contribution in [3.8, 4) is 5.75 Å². The van der Waals surface area contributed by atoms with Crippen LogP contribution >= 0.6 is 0 Å². The molecule has 1 aromatic heterocycles. The van der Waals surface area contributed by atoms with Gasteiger partial charge in [-0.2, -0.15) is 13.2 Å². The first-order valence-electron chi connectivity index (χ1n) is 9.28. The summed E-state index contributed by atoms with van der Waals surface area (Å²) in [6.07, 6.45) is -4.14. The van der Waals surface area contributed by atoms with E-state index in [2.05, 4.69) is 10.3 Å². The van der Waals surface area contributed by atoms with Crippen LogP contribution in [0.3, 0.4) is 0 Å². The molecule has 0 aliphatic rings. The van der Waals surface area contributed by atoms with Crippen LogP contribution in [0.15, 0.2) is 54.7 Å². The van der Waals surface area contributed by atoms with E-state index in [1.165, 1.54) is 13.8 Å². The van der Waals surface area contributed by atoms with E-state index >= 15 is 0 Å². The van der Waals surface area contributed by atoms with Crippen molar-refractivity contribution in [3.63, 3.8) is 0 Å². The van der Waals surface area contributed by atoms with Crippen LogP contribution in [-0.4, -0.2) is 33.5 Å². The predicted molar refractivity (Wildman–Crippen MR) is 107 cm³/mol. The Balaban J connectivity index is 1.87. The zero-order valence-corrected chi connectivity index (χ0v) is 16.5. The molecule has 3 N–H and O–H groups in total. The average molecular weight is 422 g/mol. The van der Waals surface area contributed by atoms with E-state index in [1.807, 2.05) is 0 Å². The molecule has 3 rings (SSSR count). The number of aromatic nitrogens is 1. The fourth-order valence-corrected chi connectivity index (χ4v) is 3.57. The lowest BCUT2D eigenvalue weighted by atomic mass is 9.74. The van der Waals surface area contributed by atoms with Gasteiger partial charge in [-0.25, -0.2) is 4.39 Å². The Morgan fingerprint density at radius 2 is 1.77 bits per heavy atom. The first-order chi connectivity index (χ1) is 13.9. The third kappa shape index (κ3) is 4.48. The maximum absolute atomic E-state index is 13.8. The number of phenols is 1. The number of anilines is 1. The standard InChI is InChI=1S/C22H22F4N2O2/c1-20(2,17-11-15(23)5-8-19(17)29)12-21(30,22(24,25)26)13-28-16-6-7-18-14(10-16)4-3-9-27-18/h3-11,28-30H,12-13H2,1-2H3. The van der Waals surface area contributed by atoms with Gasteiger partial charge in [0, 0.05) is 22.8 Å². The number of nitrogens with one attached hydrogen (secondary N) is 1. The minimum atomic E-state index is -4.96. The van der Waals surface area contributed by atoms with Crippen LogP contribution in [0.5, 0.6) is 5.75 Å². The predicted octanol–water partition coefficient (Wildman–Crippen LogP) is 5.15. The molecule has 0 aliphatic carbocycles. The second-order valence-electron chi connectivity index (χ2n) is 8.02. The van der Waals surface area contributed by atoms with Crippen molar-refractivity contribution in [2.75, 3.05) is 11.9 Å². The smallest absolute Gasteiger partial charge is 0.418 e. The molecule has 0 saturated heterocycles. The number of nitrogens with zero attached hydrogens (tertiary/aromatic N) is 1. The van der Waals surface area contributed by atoms with Gasteiger partial charge in [0.05, 0.1) is 12.1 Å². The summed E-state index contributed by atoms with van der Waals surface area (Å²) >= 11 is 0. The van der Waals surface area contributed by atoms with Gasteiger partial charge in [0.25, 0.3) is 0 Å². The number of fused-ring (bicyclic) bond motifs is 1. The van der Waals surface area contributed by atoms with Crippen LogP contribution < -0.4 is 5.32 Å². The molecule has 0 fully saturated rings. The van der Waals surface area contributed by atoms with E-state index < -0.39 is 36.0 Å². The topological polar surface area (TPSA) is 65.4 Å². The number of halogens is 4. The Morgan fingerprint density at radius 3 is 2.47 bits per heavy atom. The first kappa shape index (κ1) is 21.8. The van der Waals surface area contributed by atoms with E-state index in [-0.39, 0.29) is 11.3 Å². The zero-order valence-electron chi connectivity index (χ0n) is 16.5. The van der Waals surface area contributed by atoms with Crippen molar-refractivity contribution in [1.82, 2.24) is 4.98 Å². The molecule has 0 amide bonds. The van der Waals surface area contributed by atoms with Gasteiger partial charge in [-0.05, 0) is 54.3 Å². The van der Waals surface area contributed by atoms with Crippen molar-refractivity contribution < 1.29 is 27.8 Å². The van der Waals surface area contributed by atoms with Crippen LogP contribution in [0.4, 0.5) is 23.2 Å². The Morgan fingerprint density at radius 1 is 1.03 bits per heavy atom. The first-order valence-corrected chi connectivity index (χ1v) is 9.28. The van der Waals surface area contributed by atoms with Crippen molar-refractivity contribution in [2.24, 2.45) is 0 Å². The fourth-order valence-electron chi connectivity index (χ4n) is 3.57. The maximum Gasteiger partial charge on any atom is 0.418 e. The van der Waals surface area contributed by atoms with E-state index in [4.69, 9.17) is 0 Å². The van der Waals surface area contributed by atoms with Gasteiger partial charge in [0.1, 0.15) is 11.6 Å². The number of aliphatic hydroxyl groups is 1. The SMILES string of the molecule is CC(C)(CC(O)(CNc1ccc2ncccc2c1)C(F)(F)F)c1cc(F)ccc1O. The molecule has 160 valence electrons. The largest absolute Gasteiger partial charge is 0.508 e. The van der Waals surface area contributed by atoms with Gasteiger partial charge < -0.3 is 15.5 Å². The minimum absolute atomic E-state index is 0.0121.